The van der Waals surface area contributed by atoms with Gasteiger partial charge in [0.25, 0.3) is 0 Å². The number of rotatable bonds is 3. The molecular weight excluding hydrogens is 249 g/mol. The van der Waals surface area contributed by atoms with Crippen LogP contribution < -0.4 is 10.4 Å². The molecule has 9 heteroatoms. The summed E-state index contributed by atoms with van der Waals surface area (Å²) >= 11 is 0. The molecule has 18 heavy (non-hydrogen) atoms. The number of nitrogens with one attached hydrogen (secondary N) is 1. The summed E-state index contributed by atoms with van der Waals surface area (Å²) in [5.41, 5.74) is 6.02. The van der Waals surface area contributed by atoms with Gasteiger partial charge in [-0.05, 0) is 0 Å². The van der Waals surface area contributed by atoms with E-state index in [-0.39, 0.29) is 5.82 Å². The van der Waals surface area contributed by atoms with Crippen LogP contribution in [0.2, 0.25) is 0 Å². The molecule has 2 rings (SSSR count). The predicted molar refractivity (Wildman–Crippen MR) is 55.3 cm³/mol. The Kier molecular flexibility index (Phi) is 2.97. The van der Waals surface area contributed by atoms with E-state index >= 15 is 0 Å². The van der Waals surface area contributed by atoms with E-state index in [2.05, 4.69) is 15.3 Å². The van der Waals surface area contributed by atoms with Crippen LogP contribution in [0.25, 0.3) is 0 Å². The molecule has 3 N–H and O–H groups in total. The highest BCUT2D eigenvalue weighted by Crippen LogP contribution is 2.19. The Morgan fingerprint density at radius 2 is 2.28 bits per heavy atom. The molecule has 0 aliphatic rings. The van der Waals surface area contributed by atoms with Gasteiger partial charge >= 0.3 is 6.18 Å². The minimum Gasteiger partial charge on any atom is -0.392 e. The molecule has 0 bridgehead atoms. The zero-order valence-corrected chi connectivity index (χ0v) is 9.52. The van der Waals surface area contributed by atoms with E-state index in [9.17, 15) is 13.2 Å². The molecule has 2 heterocycles. The van der Waals surface area contributed by atoms with Gasteiger partial charge in [-0.2, -0.15) is 18.3 Å². The van der Waals surface area contributed by atoms with Gasteiger partial charge in [-0.25, -0.2) is 0 Å². The summed E-state index contributed by atoms with van der Waals surface area (Å²) in [6.07, 6.45) is -0.124. The van der Waals surface area contributed by atoms with Crippen LogP contribution in [-0.2, 0) is 6.54 Å². The van der Waals surface area contributed by atoms with Gasteiger partial charge in [-0.15, -0.1) is 14.9 Å². The van der Waals surface area contributed by atoms with Crippen molar-refractivity contribution in [3.63, 3.8) is 0 Å². The molecule has 0 unspecified atom stereocenters. The van der Waals surface area contributed by atoms with Crippen LogP contribution in [-0.4, -0.2) is 26.0 Å². The maximum absolute atomic E-state index is 12.4. The highest BCUT2D eigenvalue weighted by molar-refractivity contribution is 5.27. The van der Waals surface area contributed by atoms with E-state index in [0.717, 1.165) is 10.9 Å². The molecule has 0 radical (unpaired) electrons. The van der Waals surface area contributed by atoms with Crippen molar-refractivity contribution in [2.75, 3.05) is 5.73 Å². The van der Waals surface area contributed by atoms with Crippen LogP contribution in [0.3, 0.4) is 0 Å². The van der Waals surface area contributed by atoms with E-state index in [1.54, 1.807) is 24.0 Å². The van der Waals surface area contributed by atoms with Gasteiger partial charge in [-0.3, -0.25) is 0 Å². The number of halogens is 3. The number of nitrogens with two attached hydrogens (primary N) is 1. The van der Waals surface area contributed by atoms with Crippen molar-refractivity contribution in [2.45, 2.75) is 25.7 Å². The second kappa shape index (κ2) is 4.31. The standard InChI is InChI=1S/C9H11F3N6/c1-6(18-3-7(13)2-15-18)8-16-14-5-17(8)4-9(10,11)12/h2-3,5-6H,4,13H2,1H3/p+1/t6-/m1/s1. The second-order valence-electron chi connectivity index (χ2n) is 3.92. The minimum atomic E-state index is -4.31. The molecule has 2 aromatic rings. The van der Waals surface area contributed by atoms with Crippen molar-refractivity contribution in [2.24, 2.45) is 0 Å². The second-order valence-corrected chi connectivity index (χ2v) is 3.92. The first-order chi connectivity index (χ1) is 8.37. The zero-order chi connectivity index (χ0) is 13.3. The molecule has 0 spiro atoms. The summed E-state index contributed by atoms with van der Waals surface area (Å²) in [5, 5.41) is 10.0. The highest BCUT2D eigenvalue weighted by Gasteiger charge is 2.32. The van der Waals surface area contributed by atoms with E-state index in [1.807, 2.05) is 0 Å². The van der Waals surface area contributed by atoms with Crippen LogP contribution in [0.1, 0.15) is 18.8 Å². The van der Waals surface area contributed by atoms with Crippen molar-refractivity contribution >= 4 is 5.69 Å². The number of alkyl halides is 3. The number of H-pyrrole nitrogens is 1. The van der Waals surface area contributed by atoms with Crippen molar-refractivity contribution in [1.29, 1.82) is 0 Å². The van der Waals surface area contributed by atoms with Gasteiger partial charge in [0.15, 0.2) is 0 Å². The van der Waals surface area contributed by atoms with E-state index in [4.69, 9.17) is 5.73 Å². The largest absolute Gasteiger partial charge is 0.406 e. The molecule has 1 atom stereocenters. The summed E-state index contributed by atoms with van der Waals surface area (Å²) in [7, 11) is 0. The van der Waals surface area contributed by atoms with Crippen molar-refractivity contribution in [3.05, 3.63) is 24.5 Å². The first kappa shape index (κ1) is 12.4. The van der Waals surface area contributed by atoms with Gasteiger partial charge < -0.3 is 10.3 Å². The molecule has 98 valence electrons. The van der Waals surface area contributed by atoms with Crippen molar-refractivity contribution in [3.8, 4) is 0 Å². The maximum Gasteiger partial charge on any atom is 0.406 e. The fraction of sp³-hybridized carbons (Fsp3) is 0.444. The Hall–Kier alpha value is -2.06. The van der Waals surface area contributed by atoms with E-state index in [1.165, 1.54) is 0 Å². The number of hydrogen-bond acceptors (Lipinski definition) is 3. The lowest BCUT2D eigenvalue weighted by Gasteiger charge is -2.10. The zero-order valence-electron chi connectivity index (χ0n) is 9.52. The molecule has 0 saturated carbocycles. The van der Waals surface area contributed by atoms with Gasteiger partial charge in [0.05, 0.1) is 6.20 Å². The Labute approximate surface area is 100 Å². The molecule has 0 aliphatic heterocycles. The summed E-state index contributed by atoms with van der Waals surface area (Å²) in [5.74, 6) is 0.208. The number of nitrogen functional groups attached to an aromatic ring is 1. The quantitative estimate of drug-likeness (QED) is 0.796. The van der Waals surface area contributed by atoms with Crippen LogP contribution in [0.15, 0.2) is 18.7 Å². The molecule has 0 amide bonds. The van der Waals surface area contributed by atoms with Crippen LogP contribution >= 0.6 is 0 Å². The average Bonchev–Trinajstić information content (AvgIpc) is 2.84. The van der Waals surface area contributed by atoms with Gasteiger partial charge in [0.1, 0.15) is 18.6 Å². The van der Waals surface area contributed by atoms with Gasteiger partial charge in [-0.1, -0.05) is 0 Å². The Balaban J connectivity index is 2.26. The highest BCUT2D eigenvalue weighted by atomic mass is 19.4. The SMILES string of the molecule is C[C@H](c1nncn1CC(F)(F)F)[n+]1cc(N)c[nH]1. The first-order valence-corrected chi connectivity index (χ1v) is 5.16. The molecule has 0 aliphatic carbocycles. The molecule has 0 saturated heterocycles. The molecule has 0 aromatic carbocycles. The number of nitrogens with zero attached hydrogens (tertiary/aromatic N) is 4. The maximum atomic E-state index is 12.4. The monoisotopic (exact) mass is 261 g/mol. The molecular formula is C9H12F3N6+. The smallest absolute Gasteiger partial charge is 0.392 e. The summed E-state index contributed by atoms with van der Waals surface area (Å²) in [6.45, 7) is 0.587. The Morgan fingerprint density at radius 3 is 2.83 bits per heavy atom. The fourth-order valence-electron chi connectivity index (χ4n) is 1.63. The summed E-state index contributed by atoms with van der Waals surface area (Å²) < 4.78 is 39.6. The minimum absolute atomic E-state index is 0.208. The fourth-order valence-corrected chi connectivity index (χ4v) is 1.63. The van der Waals surface area contributed by atoms with Crippen LogP contribution in [0.4, 0.5) is 18.9 Å². The summed E-state index contributed by atoms with van der Waals surface area (Å²) in [6, 6.07) is -0.424. The number of hydrogen-bond donors (Lipinski definition) is 2. The third-order valence-corrected chi connectivity index (χ3v) is 2.45. The molecule has 2 aromatic heterocycles. The van der Waals surface area contributed by atoms with Gasteiger partial charge in [0, 0.05) is 6.92 Å². The van der Waals surface area contributed by atoms with Crippen molar-refractivity contribution in [1.82, 2.24) is 19.9 Å². The number of aromatic nitrogens is 5. The normalized spacial score (nSPS) is 13.8. The lowest BCUT2D eigenvalue weighted by Crippen LogP contribution is -2.41. The lowest BCUT2D eigenvalue weighted by molar-refractivity contribution is -0.763. The van der Waals surface area contributed by atoms with Crippen LogP contribution in [0, 0.1) is 0 Å². The van der Waals surface area contributed by atoms with Crippen molar-refractivity contribution < 1.29 is 17.9 Å². The first-order valence-electron chi connectivity index (χ1n) is 5.16. The number of aromatic amines is 1. The Morgan fingerprint density at radius 1 is 1.56 bits per heavy atom. The topological polar surface area (TPSA) is 76.4 Å². The third kappa shape index (κ3) is 2.60. The average molecular weight is 261 g/mol. The van der Waals surface area contributed by atoms with Crippen LogP contribution in [0.5, 0.6) is 0 Å². The predicted octanol–water partition coefficient (Wildman–Crippen LogP) is 0.648. The molecule has 0 fully saturated rings. The van der Waals surface area contributed by atoms with E-state index in [0.29, 0.717) is 5.69 Å². The third-order valence-electron chi connectivity index (χ3n) is 2.45. The van der Waals surface area contributed by atoms with Gasteiger partial charge in [0.2, 0.25) is 18.1 Å². The lowest BCUT2D eigenvalue weighted by atomic mass is 10.3. The van der Waals surface area contributed by atoms with E-state index < -0.39 is 18.8 Å². The number of anilines is 1. The molecule has 6 nitrogen and oxygen atoms in total. The summed E-state index contributed by atoms with van der Waals surface area (Å²) in [4.78, 5) is 0. The Bertz CT molecular complexity index is 528.